The third-order valence-corrected chi connectivity index (χ3v) is 2.52. The molecule has 0 radical (unpaired) electrons. The molecule has 0 saturated heterocycles. The van der Waals surface area contributed by atoms with Crippen molar-refractivity contribution in [2.75, 3.05) is 13.6 Å². The zero-order valence-electron chi connectivity index (χ0n) is 9.23. The second-order valence-electron chi connectivity index (χ2n) is 3.16. The summed E-state index contributed by atoms with van der Waals surface area (Å²) in [6.07, 6.45) is 0. The Labute approximate surface area is 112 Å². The van der Waals surface area contributed by atoms with Gasteiger partial charge in [0.1, 0.15) is 0 Å². The third-order valence-electron chi connectivity index (χ3n) is 1.89. The number of nitrogens with one attached hydrogen (secondary N) is 2. The number of hydrogen-bond donors (Lipinski definition) is 2. The molecule has 0 aliphatic heterocycles. The van der Waals surface area contributed by atoms with Crippen LogP contribution >= 0.6 is 36.2 Å². The molecule has 16 heavy (non-hydrogen) atoms. The first kappa shape index (κ1) is 18.0. The van der Waals surface area contributed by atoms with E-state index in [1.54, 1.807) is 5.51 Å². The van der Waals surface area contributed by atoms with Crippen LogP contribution in [-0.2, 0) is 11.3 Å². The van der Waals surface area contributed by atoms with E-state index in [1.165, 1.54) is 11.3 Å². The quantitative estimate of drug-likeness (QED) is 0.861. The molecule has 1 rings (SSSR count). The van der Waals surface area contributed by atoms with E-state index in [0.29, 0.717) is 13.1 Å². The van der Waals surface area contributed by atoms with E-state index >= 15 is 0 Å². The lowest BCUT2D eigenvalue weighted by Crippen LogP contribution is -2.33. The molecule has 0 bridgehead atoms. The van der Waals surface area contributed by atoms with Gasteiger partial charge in [0, 0.05) is 17.8 Å². The van der Waals surface area contributed by atoms with Crippen LogP contribution in [0, 0.1) is 5.92 Å². The van der Waals surface area contributed by atoms with Crippen LogP contribution in [0.2, 0.25) is 0 Å². The number of carbonyl (C=O) groups excluding carboxylic acids is 1. The molecular weight excluding hydrogens is 269 g/mol. The Balaban J connectivity index is 0. The number of rotatable bonds is 5. The molecule has 7 heteroatoms. The van der Waals surface area contributed by atoms with Gasteiger partial charge in [-0.3, -0.25) is 4.79 Å². The van der Waals surface area contributed by atoms with Gasteiger partial charge in [0.15, 0.2) is 0 Å². The number of aromatic nitrogens is 1. The monoisotopic (exact) mass is 285 g/mol. The molecular formula is C9H17Cl2N3OS. The van der Waals surface area contributed by atoms with Crippen molar-refractivity contribution in [2.24, 2.45) is 5.92 Å². The molecule has 4 nitrogen and oxygen atoms in total. The van der Waals surface area contributed by atoms with Gasteiger partial charge in [-0.1, -0.05) is 6.92 Å². The molecule has 2 N–H and O–H groups in total. The zero-order chi connectivity index (χ0) is 10.4. The number of amides is 1. The maximum absolute atomic E-state index is 11.5. The Hall–Kier alpha value is -0.360. The summed E-state index contributed by atoms with van der Waals surface area (Å²) in [5.74, 6) is 0.0611. The fraction of sp³-hybridized carbons (Fsp3) is 0.556. The smallest absolute Gasteiger partial charge is 0.224 e. The van der Waals surface area contributed by atoms with Crippen molar-refractivity contribution in [2.45, 2.75) is 13.5 Å². The largest absolute Gasteiger partial charge is 0.350 e. The van der Waals surface area contributed by atoms with Gasteiger partial charge in [-0.2, -0.15) is 0 Å². The lowest BCUT2D eigenvalue weighted by Gasteiger charge is -2.10. The summed E-state index contributed by atoms with van der Waals surface area (Å²) in [6.45, 7) is 3.12. The minimum absolute atomic E-state index is 0. The Morgan fingerprint density at radius 2 is 2.25 bits per heavy atom. The number of thiazole rings is 1. The van der Waals surface area contributed by atoms with Gasteiger partial charge in [0.2, 0.25) is 5.91 Å². The van der Waals surface area contributed by atoms with E-state index in [0.717, 1.165) is 5.69 Å². The van der Waals surface area contributed by atoms with E-state index in [-0.39, 0.29) is 36.6 Å². The lowest BCUT2D eigenvalue weighted by molar-refractivity contribution is -0.124. The van der Waals surface area contributed by atoms with Crippen LogP contribution in [0.15, 0.2) is 10.9 Å². The Morgan fingerprint density at radius 3 is 2.75 bits per heavy atom. The van der Waals surface area contributed by atoms with E-state index in [4.69, 9.17) is 0 Å². The summed E-state index contributed by atoms with van der Waals surface area (Å²) in [5, 5.41) is 7.74. The second-order valence-corrected chi connectivity index (χ2v) is 3.87. The maximum Gasteiger partial charge on any atom is 0.224 e. The number of nitrogens with zero attached hydrogens (tertiary/aromatic N) is 1. The Morgan fingerprint density at radius 1 is 1.56 bits per heavy atom. The highest BCUT2D eigenvalue weighted by Crippen LogP contribution is 2.00. The molecule has 1 atom stereocenters. The number of carbonyl (C=O) groups is 1. The van der Waals surface area contributed by atoms with Gasteiger partial charge in [0.05, 0.1) is 17.7 Å². The van der Waals surface area contributed by atoms with Gasteiger partial charge >= 0.3 is 0 Å². The minimum Gasteiger partial charge on any atom is -0.350 e. The van der Waals surface area contributed by atoms with Gasteiger partial charge in [-0.25, -0.2) is 4.98 Å². The van der Waals surface area contributed by atoms with Crippen molar-refractivity contribution in [3.05, 3.63) is 16.6 Å². The fourth-order valence-electron chi connectivity index (χ4n) is 1.08. The van der Waals surface area contributed by atoms with Gasteiger partial charge in [0.25, 0.3) is 0 Å². The summed E-state index contributed by atoms with van der Waals surface area (Å²) in [4.78, 5) is 15.5. The molecule has 0 aliphatic rings. The molecule has 1 amide bonds. The average Bonchev–Trinajstić information content (AvgIpc) is 2.67. The highest BCUT2D eigenvalue weighted by Gasteiger charge is 2.10. The van der Waals surface area contributed by atoms with Crippen molar-refractivity contribution in [1.29, 1.82) is 0 Å². The van der Waals surface area contributed by atoms with Crippen LogP contribution in [-0.4, -0.2) is 24.5 Å². The van der Waals surface area contributed by atoms with Gasteiger partial charge < -0.3 is 10.6 Å². The van der Waals surface area contributed by atoms with Crippen molar-refractivity contribution in [3.63, 3.8) is 0 Å². The summed E-state index contributed by atoms with van der Waals surface area (Å²) >= 11 is 1.54. The van der Waals surface area contributed by atoms with Crippen molar-refractivity contribution < 1.29 is 4.79 Å². The summed E-state index contributed by atoms with van der Waals surface area (Å²) in [7, 11) is 1.84. The van der Waals surface area contributed by atoms with E-state index in [2.05, 4.69) is 15.6 Å². The second kappa shape index (κ2) is 9.84. The van der Waals surface area contributed by atoms with E-state index < -0.39 is 0 Å². The first-order valence-corrected chi connectivity index (χ1v) is 5.47. The van der Waals surface area contributed by atoms with Crippen LogP contribution in [0.1, 0.15) is 12.6 Å². The summed E-state index contributed by atoms with van der Waals surface area (Å²) in [5.41, 5.74) is 2.68. The topological polar surface area (TPSA) is 54.0 Å². The first-order chi connectivity index (χ1) is 6.74. The molecule has 94 valence electrons. The van der Waals surface area contributed by atoms with Crippen molar-refractivity contribution >= 4 is 42.1 Å². The lowest BCUT2D eigenvalue weighted by atomic mass is 10.1. The van der Waals surface area contributed by atoms with Crippen LogP contribution in [0.3, 0.4) is 0 Å². The van der Waals surface area contributed by atoms with Gasteiger partial charge in [-0.15, -0.1) is 36.2 Å². The number of halogens is 2. The predicted octanol–water partition coefficient (Wildman–Crippen LogP) is 1.46. The average molecular weight is 286 g/mol. The Kier molecular flexibility index (Phi) is 11.1. The molecule has 0 saturated carbocycles. The SMILES string of the molecule is CNCC(C)C(=O)NCc1cscn1.Cl.Cl. The molecule has 0 aromatic carbocycles. The highest BCUT2D eigenvalue weighted by atomic mass is 35.5. The summed E-state index contributed by atoms with van der Waals surface area (Å²) < 4.78 is 0. The summed E-state index contributed by atoms with van der Waals surface area (Å²) in [6, 6.07) is 0. The van der Waals surface area contributed by atoms with Crippen molar-refractivity contribution in [1.82, 2.24) is 15.6 Å². The minimum atomic E-state index is -0.00126. The van der Waals surface area contributed by atoms with E-state index in [9.17, 15) is 4.79 Å². The first-order valence-electron chi connectivity index (χ1n) is 4.53. The van der Waals surface area contributed by atoms with Crippen LogP contribution in [0.4, 0.5) is 0 Å². The normalized spacial score (nSPS) is 10.9. The van der Waals surface area contributed by atoms with Gasteiger partial charge in [-0.05, 0) is 7.05 Å². The molecule has 0 spiro atoms. The molecule has 1 unspecified atom stereocenters. The maximum atomic E-state index is 11.5. The molecule has 0 aliphatic carbocycles. The molecule has 1 aromatic heterocycles. The molecule has 1 aromatic rings. The zero-order valence-corrected chi connectivity index (χ0v) is 11.7. The Bertz CT molecular complexity index is 282. The fourth-order valence-corrected chi connectivity index (χ4v) is 1.63. The third kappa shape index (κ3) is 6.27. The standard InChI is InChI=1S/C9H15N3OS.2ClH/c1-7(3-10-2)9(13)11-4-8-5-14-6-12-8;;/h5-7,10H,3-4H2,1-2H3,(H,11,13);2*1H. The number of hydrogen-bond acceptors (Lipinski definition) is 4. The molecule has 1 heterocycles. The highest BCUT2D eigenvalue weighted by molar-refractivity contribution is 7.07. The van der Waals surface area contributed by atoms with Crippen LogP contribution in [0.25, 0.3) is 0 Å². The van der Waals surface area contributed by atoms with Crippen LogP contribution < -0.4 is 10.6 Å². The molecule has 0 fully saturated rings. The van der Waals surface area contributed by atoms with Crippen molar-refractivity contribution in [3.8, 4) is 0 Å². The predicted molar refractivity (Wildman–Crippen MR) is 71.5 cm³/mol. The van der Waals surface area contributed by atoms with E-state index in [1.807, 2.05) is 19.4 Å². The van der Waals surface area contributed by atoms with Crippen LogP contribution in [0.5, 0.6) is 0 Å².